The number of hydrogen-bond donors (Lipinski definition) is 0. The fraction of sp³-hybridized carbons (Fsp3) is 0.471. The normalized spacial score (nSPS) is 14.6. The van der Waals surface area contributed by atoms with Gasteiger partial charge in [-0.25, -0.2) is 19.9 Å². The predicted octanol–water partition coefficient (Wildman–Crippen LogP) is 1.58. The second-order valence-electron chi connectivity index (χ2n) is 5.86. The van der Waals surface area contributed by atoms with Crippen molar-refractivity contribution in [3.63, 3.8) is 0 Å². The number of amides is 1. The summed E-state index contributed by atoms with van der Waals surface area (Å²) in [6.07, 6.45) is 4.23. The number of aromatic nitrogens is 4. The number of aryl methyl sites for hydroxylation is 2. The minimum Gasteiger partial charge on any atom is -0.353 e. The summed E-state index contributed by atoms with van der Waals surface area (Å²) >= 11 is 1.39. The molecule has 132 valence electrons. The van der Waals surface area contributed by atoms with E-state index >= 15 is 0 Å². The van der Waals surface area contributed by atoms with Crippen molar-refractivity contribution >= 4 is 23.5 Å². The maximum absolute atomic E-state index is 12.4. The molecule has 0 N–H and O–H groups in total. The molecule has 3 heterocycles. The van der Waals surface area contributed by atoms with Gasteiger partial charge in [-0.05, 0) is 19.4 Å². The van der Waals surface area contributed by atoms with Crippen LogP contribution in [0.2, 0.25) is 0 Å². The van der Waals surface area contributed by atoms with Crippen molar-refractivity contribution in [2.24, 2.45) is 0 Å². The molecule has 0 atom stereocenters. The maximum Gasteiger partial charge on any atom is 0.233 e. The molecule has 0 saturated carbocycles. The Kier molecular flexibility index (Phi) is 5.80. The van der Waals surface area contributed by atoms with E-state index in [2.05, 4.69) is 31.8 Å². The Balaban J connectivity index is 1.50. The smallest absolute Gasteiger partial charge is 0.233 e. The zero-order valence-corrected chi connectivity index (χ0v) is 15.4. The van der Waals surface area contributed by atoms with E-state index in [0.29, 0.717) is 24.0 Å². The second-order valence-corrected chi connectivity index (χ2v) is 6.80. The maximum atomic E-state index is 12.4. The number of thioether (sulfide) groups is 1. The number of hydrogen-bond acceptors (Lipinski definition) is 7. The third-order valence-electron chi connectivity index (χ3n) is 4.13. The number of rotatable bonds is 5. The van der Waals surface area contributed by atoms with Crippen LogP contribution in [-0.4, -0.2) is 62.7 Å². The molecule has 1 aliphatic heterocycles. The molecule has 25 heavy (non-hydrogen) atoms. The van der Waals surface area contributed by atoms with Gasteiger partial charge in [-0.2, -0.15) is 0 Å². The molecule has 1 aliphatic rings. The lowest BCUT2D eigenvalue weighted by atomic mass is 10.2. The molecule has 1 amide bonds. The zero-order valence-electron chi connectivity index (χ0n) is 14.6. The molecule has 0 aromatic carbocycles. The van der Waals surface area contributed by atoms with E-state index in [0.717, 1.165) is 36.7 Å². The molecule has 3 rings (SSSR count). The highest BCUT2D eigenvalue weighted by Crippen LogP contribution is 2.17. The van der Waals surface area contributed by atoms with Crippen LogP contribution >= 0.6 is 11.8 Å². The first-order valence-electron chi connectivity index (χ1n) is 8.42. The molecule has 0 aliphatic carbocycles. The van der Waals surface area contributed by atoms with Gasteiger partial charge in [0.15, 0.2) is 5.16 Å². The van der Waals surface area contributed by atoms with Crippen LogP contribution in [0.5, 0.6) is 0 Å². The van der Waals surface area contributed by atoms with Crippen molar-refractivity contribution in [2.45, 2.75) is 25.4 Å². The highest BCUT2D eigenvalue weighted by molar-refractivity contribution is 7.99. The molecule has 1 fully saturated rings. The van der Waals surface area contributed by atoms with E-state index in [4.69, 9.17) is 0 Å². The van der Waals surface area contributed by atoms with Gasteiger partial charge in [0.2, 0.25) is 5.91 Å². The van der Waals surface area contributed by atoms with E-state index in [1.165, 1.54) is 11.8 Å². The Labute approximate surface area is 151 Å². The molecule has 0 bridgehead atoms. The summed E-state index contributed by atoms with van der Waals surface area (Å²) in [5.41, 5.74) is 1.95. The largest absolute Gasteiger partial charge is 0.353 e. The van der Waals surface area contributed by atoms with Gasteiger partial charge in [0.05, 0.1) is 5.75 Å². The summed E-state index contributed by atoms with van der Waals surface area (Å²) in [5, 5.41) is 0.653. The summed E-state index contributed by atoms with van der Waals surface area (Å²) in [4.78, 5) is 33.6. The third kappa shape index (κ3) is 4.66. The lowest BCUT2D eigenvalue weighted by Crippen LogP contribution is -2.49. The average Bonchev–Trinajstić information content (AvgIpc) is 2.66. The molecule has 2 aromatic heterocycles. The lowest BCUT2D eigenvalue weighted by molar-refractivity contribution is -0.128. The molecule has 0 radical (unpaired) electrons. The van der Waals surface area contributed by atoms with E-state index in [9.17, 15) is 4.79 Å². The summed E-state index contributed by atoms with van der Waals surface area (Å²) < 4.78 is 0. The fourth-order valence-corrected chi connectivity index (χ4v) is 3.43. The highest BCUT2D eigenvalue weighted by Gasteiger charge is 2.22. The van der Waals surface area contributed by atoms with E-state index in [-0.39, 0.29) is 5.91 Å². The van der Waals surface area contributed by atoms with Crippen LogP contribution in [0.25, 0.3) is 0 Å². The van der Waals surface area contributed by atoms with Crippen molar-refractivity contribution in [3.8, 4) is 0 Å². The van der Waals surface area contributed by atoms with Crippen LogP contribution < -0.4 is 4.90 Å². The van der Waals surface area contributed by atoms with Crippen LogP contribution in [0.4, 0.5) is 5.82 Å². The van der Waals surface area contributed by atoms with Crippen LogP contribution in [0.1, 0.15) is 18.3 Å². The van der Waals surface area contributed by atoms with Gasteiger partial charge < -0.3 is 9.80 Å². The van der Waals surface area contributed by atoms with E-state index in [1.54, 1.807) is 12.5 Å². The predicted molar refractivity (Wildman–Crippen MR) is 97.7 cm³/mol. The quantitative estimate of drug-likeness (QED) is 0.593. The Bertz CT molecular complexity index is 733. The summed E-state index contributed by atoms with van der Waals surface area (Å²) in [5.74, 6) is 1.45. The Hall–Kier alpha value is -2.22. The van der Waals surface area contributed by atoms with Crippen molar-refractivity contribution in [3.05, 3.63) is 36.0 Å². The molecule has 1 saturated heterocycles. The number of piperazine rings is 1. The summed E-state index contributed by atoms with van der Waals surface area (Å²) in [7, 11) is 0. The van der Waals surface area contributed by atoms with Gasteiger partial charge in [-0.3, -0.25) is 4.79 Å². The average molecular weight is 358 g/mol. The summed E-state index contributed by atoms with van der Waals surface area (Å²) in [6, 6.07) is 3.88. The number of anilines is 1. The first-order chi connectivity index (χ1) is 12.2. The van der Waals surface area contributed by atoms with E-state index in [1.807, 2.05) is 24.0 Å². The number of carbonyl (C=O) groups is 1. The van der Waals surface area contributed by atoms with Gasteiger partial charge in [0, 0.05) is 49.8 Å². The standard InChI is InChI=1S/C17H22N6OS/c1-3-14-10-15(20-12-19-14)22-6-8-23(9-7-22)16(24)11-25-17-18-5-4-13(2)21-17/h4-5,10,12H,3,6-9,11H2,1-2H3. The highest BCUT2D eigenvalue weighted by atomic mass is 32.2. The minimum absolute atomic E-state index is 0.131. The molecular formula is C17H22N6OS. The minimum atomic E-state index is 0.131. The van der Waals surface area contributed by atoms with E-state index < -0.39 is 0 Å². The van der Waals surface area contributed by atoms with Crippen LogP contribution in [0, 0.1) is 6.92 Å². The third-order valence-corrected chi connectivity index (χ3v) is 4.97. The van der Waals surface area contributed by atoms with Crippen LogP contribution in [-0.2, 0) is 11.2 Å². The second kappa shape index (κ2) is 8.24. The Morgan fingerprint density at radius 2 is 2.00 bits per heavy atom. The molecule has 8 heteroatoms. The van der Waals surface area contributed by atoms with Crippen molar-refractivity contribution < 1.29 is 4.79 Å². The van der Waals surface area contributed by atoms with Crippen molar-refractivity contribution in [1.29, 1.82) is 0 Å². The lowest BCUT2D eigenvalue weighted by Gasteiger charge is -2.35. The monoisotopic (exact) mass is 358 g/mol. The summed E-state index contributed by atoms with van der Waals surface area (Å²) in [6.45, 7) is 7.00. The van der Waals surface area contributed by atoms with Crippen molar-refractivity contribution in [1.82, 2.24) is 24.8 Å². The fourth-order valence-electron chi connectivity index (χ4n) is 2.65. The van der Waals surface area contributed by atoms with Crippen LogP contribution in [0.15, 0.2) is 29.8 Å². The Morgan fingerprint density at radius 3 is 2.72 bits per heavy atom. The first-order valence-corrected chi connectivity index (χ1v) is 9.40. The number of nitrogens with zero attached hydrogens (tertiary/aromatic N) is 6. The SMILES string of the molecule is CCc1cc(N2CCN(C(=O)CSc3nccc(C)n3)CC2)ncn1. The molecule has 0 spiro atoms. The zero-order chi connectivity index (χ0) is 17.6. The molecule has 7 nitrogen and oxygen atoms in total. The Morgan fingerprint density at radius 1 is 1.20 bits per heavy atom. The van der Waals surface area contributed by atoms with Crippen LogP contribution in [0.3, 0.4) is 0 Å². The first kappa shape index (κ1) is 17.6. The van der Waals surface area contributed by atoms with Crippen molar-refractivity contribution in [2.75, 3.05) is 36.8 Å². The topological polar surface area (TPSA) is 75.1 Å². The van der Waals surface area contributed by atoms with Gasteiger partial charge in [0.25, 0.3) is 0 Å². The molecule has 0 unspecified atom stereocenters. The van der Waals surface area contributed by atoms with Gasteiger partial charge in [-0.15, -0.1) is 0 Å². The van der Waals surface area contributed by atoms with Gasteiger partial charge >= 0.3 is 0 Å². The molecule has 2 aromatic rings. The molecular weight excluding hydrogens is 336 g/mol. The van der Waals surface area contributed by atoms with Gasteiger partial charge in [0.1, 0.15) is 12.1 Å². The number of carbonyl (C=O) groups excluding carboxylic acids is 1. The van der Waals surface area contributed by atoms with Gasteiger partial charge in [-0.1, -0.05) is 18.7 Å².